The molecule has 19 heavy (non-hydrogen) atoms. The zero-order chi connectivity index (χ0) is 13.3. The lowest BCUT2D eigenvalue weighted by Gasteiger charge is -2.27. The van der Waals surface area contributed by atoms with Crippen molar-refractivity contribution in [3.8, 4) is 0 Å². The van der Waals surface area contributed by atoms with Crippen molar-refractivity contribution >= 4 is 0 Å². The first kappa shape index (κ1) is 13.1. The van der Waals surface area contributed by atoms with Crippen molar-refractivity contribution in [2.24, 2.45) is 0 Å². The number of nitrogens with one attached hydrogen (secondary N) is 1. The van der Waals surface area contributed by atoms with Crippen LogP contribution in [0.25, 0.3) is 0 Å². The number of benzene rings is 1. The van der Waals surface area contributed by atoms with Gasteiger partial charge in [0.05, 0.1) is 32.0 Å². The molecule has 104 valence electrons. The number of ether oxygens (including phenoxy) is 3. The monoisotopic (exact) mass is 263 g/mol. The van der Waals surface area contributed by atoms with Crippen LogP contribution in [0.2, 0.25) is 0 Å². The van der Waals surface area contributed by atoms with Crippen molar-refractivity contribution in [2.45, 2.75) is 38.4 Å². The first-order valence-corrected chi connectivity index (χ1v) is 6.85. The van der Waals surface area contributed by atoms with Gasteiger partial charge in [0.25, 0.3) is 0 Å². The van der Waals surface area contributed by atoms with Gasteiger partial charge in [-0.25, -0.2) is 0 Å². The fourth-order valence-electron chi connectivity index (χ4n) is 2.69. The smallest absolute Gasteiger partial charge is 0.163 e. The fourth-order valence-corrected chi connectivity index (χ4v) is 2.69. The van der Waals surface area contributed by atoms with Crippen molar-refractivity contribution in [3.05, 3.63) is 35.4 Å². The lowest BCUT2D eigenvalue weighted by Crippen LogP contribution is -2.36. The van der Waals surface area contributed by atoms with Gasteiger partial charge >= 0.3 is 0 Å². The molecule has 0 saturated carbocycles. The van der Waals surface area contributed by atoms with Crippen molar-refractivity contribution in [3.63, 3.8) is 0 Å². The average Bonchev–Trinajstić information content (AvgIpc) is 2.76. The minimum Gasteiger partial charge on any atom is -0.375 e. The summed E-state index contributed by atoms with van der Waals surface area (Å²) >= 11 is 0. The molecule has 2 aliphatic heterocycles. The Morgan fingerprint density at radius 1 is 1.26 bits per heavy atom. The van der Waals surface area contributed by atoms with Gasteiger partial charge in [0.2, 0.25) is 0 Å². The molecular formula is C15H21NO3. The average molecular weight is 263 g/mol. The summed E-state index contributed by atoms with van der Waals surface area (Å²) in [6, 6.07) is 8.68. The van der Waals surface area contributed by atoms with Gasteiger partial charge in [0.15, 0.2) is 5.79 Å². The van der Waals surface area contributed by atoms with Crippen molar-refractivity contribution in [1.29, 1.82) is 0 Å². The molecule has 1 fully saturated rings. The Kier molecular flexibility index (Phi) is 3.58. The number of hydrogen-bond donors (Lipinski definition) is 1. The minimum absolute atomic E-state index is 0.115. The summed E-state index contributed by atoms with van der Waals surface area (Å²) in [4.78, 5) is 0. The van der Waals surface area contributed by atoms with Crippen LogP contribution < -0.4 is 5.32 Å². The van der Waals surface area contributed by atoms with Crippen LogP contribution >= 0.6 is 0 Å². The maximum absolute atomic E-state index is 5.80. The van der Waals surface area contributed by atoms with Crippen LogP contribution in [0.15, 0.2) is 24.3 Å². The van der Waals surface area contributed by atoms with Gasteiger partial charge in [-0.2, -0.15) is 0 Å². The summed E-state index contributed by atoms with van der Waals surface area (Å²) in [6.45, 7) is 6.76. The third-order valence-electron chi connectivity index (χ3n) is 3.63. The molecule has 0 aliphatic carbocycles. The summed E-state index contributed by atoms with van der Waals surface area (Å²) in [5.74, 6) is -0.451. The van der Waals surface area contributed by atoms with Gasteiger partial charge in [0, 0.05) is 6.54 Å². The van der Waals surface area contributed by atoms with E-state index < -0.39 is 5.79 Å². The molecule has 0 aromatic heterocycles. The maximum Gasteiger partial charge on any atom is 0.163 e. The summed E-state index contributed by atoms with van der Waals surface area (Å²) < 4.78 is 17.0. The zero-order valence-corrected chi connectivity index (χ0v) is 11.5. The van der Waals surface area contributed by atoms with Crippen molar-refractivity contribution in [1.82, 2.24) is 5.32 Å². The molecule has 1 N–H and O–H groups in total. The van der Waals surface area contributed by atoms with Crippen LogP contribution in [0.5, 0.6) is 0 Å². The van der Waals surface area contributed by atoms with Crippen LogP contribution in [-0.2, 0) is 20.8 Å². The highest BCUT2D eigenvalue weighted by atomic mass is 16.7. The summed E-state index contributed by atoms with van der Waals surface area (Å²) in [5.41, 5.74) is 2.61. The molecule has 1 saturated heterocycles. The highest BCUT2D eigenvalue weighted by Crippen LogP contribution is 2.26. The second-order valence-electron chi connectivity index (χ2n) is 5.63. The van der Waals surface area contributed by atoms with Crippen molar-refractivity contribution in [2.75, 3.05) is 19.8 Å². The standard InChI is InChI=1S/C15H21NO3/c1-15(2)18-9-12(19-15)7-16-14-10-17-8-11-5-3-4-6-13(11)14/h3-6,12,14,16H,7-10H2,1-2H3. The Morgan fingerprint density at radius 2 is 2.11 bits per heavy atom. The van der Waals surface area contributed by atoms with E-state index in [1.54, 1.807) is 0 Å². The topological polar surface area (TPSA) is 39.7 Å². The first-order valence-electron chi connectivity index (χ1n) is 6.85. The van der Waals surface area contributed by atoms with E-state index in [1.165, 1.54) is 11.1 Å². The van der Waals surface area contributed by atoms with Crippen LogP contribution in [-0.4, -0.2) is 31.6 Å². The predicted molar refractivity (Wildman–Crippen MR) is 71.7 cm³/mol. The maximum atomic E-state index is 5.80. The fraction of sp³-hybridized carbons (Fsp3) is 0.600. The summed E-state index contributed by atoms with van der Waals surface area (Å²) in [6.07, 6.45) is 0.115. The lowest BCUT2D eigenvalue weighted by molar-refractivity contribution is -0.138. The Hall–Kier alpha value is -0.940. The molecule has 4 heteroatoms. The highest BCUT2D eigenvalue weighted by Gasteiger charge is 2.33. The van der Waals surface area contributed by atoms with Crippen LogP contribution in [0.3, 0.4) is 0 Å². The quantitative estimate of drug-likeness (QED) is 0.905. The van der Waals surface area contributed by atoms with Crippen molar-refractivity contribution < 1.29 is 14.2 Å². The molecule has 2 atom stereocenters. The van der Waals surface area contributed by atoms with Crippen LogP contribution in [0, 0.1) is 0 Å². The van der Waals surface area contributed by atoms with Gasteiger partial charge in [-0.15, -0.1) is 0 Å². The van der Waals surface area contributed by atoms with E-state index in [0.717, 1.165) is 6.54 Å². The Labute approximate surface area is 114 Å². The second-order valence-corrected chi connectivity index (χ2v) is 5.63. The Balaban J connectivity index is 1.60. The zero-order valence-electron chi connectivity index (χ0n) is 11.5. The van der Waals surface area contributed by atoms with E-state index in [1.807, 2.05) is 13.8 Å². The van der Waals surface area contributed by atoms with Gasteiger partial charge in [-0.1, -0.05) is 24.3 Å². The van der Waals surface area contributed by atoms with E-state index in [0.29, 0.717) is 19.8 Å². The molecule has 1 aromatic carbocycles. The first-order chi connectivity index (χ1) is 9.14. The van der Waals surface area contributed by atoms with E-state index in [2.05, 4.69) is 29.6 Å². The van der Waals surface area contributed by atoms with Crippen LogP contribution in [0.4, 0.5) is 0 Å². The Morgan fingerprint density at radius 3 is 2.89 bits per heavy atom. The second kappa shape index (κ2) is 5.21. The molecule has 2 unspecified atom stereocenters. The molecule has 2 aliphatic rings. The summed E-state index contributed by atoms with van der Waals surface area (Å²) in [5, 5.41) is 3.53. The molecule has 0 spiro atoms. The molecule has 2 heterocycles. The third kappa shape index (κ3) is 2.98. The van der Waals surface area contributed by atoms with Gasteiger partial charge in [-0.3, -0.25) is 0 Å². The minimum atomic E-state index is -0.451. The van der Waals surface area contributed by atoms with E-state index in [-0.39, 0.29) is 12.1 Å². The molecule has 0 bridgehead atoms. The largest absolute Gasteiger partial charge is 0.375 e. The summed E-state index contributed by atoms with van der Waals surface area (Å²) in [7, 11) is 0. The molecule has 3 rings (SSSR count). The molecule has 1 aromatic rings. The number of rotatable bonds is 3. The van der Waals surface area contributed by atoms with E-state index in [9.17, 15) is 0 Å². The molecule has 0 radical (unpaired) electrons. The highest BCUT2D eigenvalue weighted by molar-refractivity contribution is 5.31. The van der Waals surface area contributed by atoms with E-state index in [4.69, 9.17) is 14.2 Å². The van der Waals surface area contributed by atoms with Gasteiger partial charge < -0.3 is 19.5 Å². The van der Waals surface area contributed by atoms with Gasteiger partial charge in [0.1, 0.15) is 0 Å². The lowest BCUT2D eigenvalue weighted by atomic mass is 9.99. The molecular weight excluding hydrogens is 242 g/mol. The molecule has 4 nitrogen and oxygen atoms in total. The Bertz CT molecular complexity index is 447. The number of fused-ring (bicyclic) bond motifs is 1. The molecule has 0 amide bonds. The SMILES string of the molecule is CC1(C)OCC(CNC2COCc3ccccc32)O1. The number of hydrogen-bond acceptors (Lipinski definition) is 4. The normalized spacial score (nSPS) is 29.2. The van der Waals surface area contributed by atoms with Crippen LogP contribution in [0.1, 0.15) is 31.0 Å². The predicted octanol–water partition coefficient (Wildman–Crippen LogP) is 2.00. The van der Waals surface area contributed by atoms with E-state index >= 15 is 0 Å². The van der Waals surface area contributed by atoms with Gasteiger partial charge in [-0.05, 0) is 25.0 Å². The third-order valence-corrected chi connectivity index (χ3v) is 3.63.